The summed E-state index contributed by atoms with van der Waals surface area (Å²) in [4.78, 5) is 40.9. The molecule has 26 heavy (non-hydrogen) atoms. The van der Waals surface area contributed by atoms with Crippen LogP contribution in [0.2, 0.25) is 0 Å². The normalized spacial score (nSPS) is 14.7. The Morgan fingerprint density at radius 1 is 1.27 bits per heavy atom. The molecule has 0 aromatic carbocycles. The van der Waals surface area contributed by atoms with Crippen LogP contribution >= 0.6 is 0 Å². The molecule has 142 valence electrons. The van der Waals surface area contributed by atoms with Crippen LogP contribution in [0, 0.1) is 18.8 Å². The van der Waals surface area contributed by atoms with Gasteiger partial charge in [0.15, 0.2) is 11.6 Å². The van der Waals surface area contributed by atoms with E-state index in [1.165, 1.54) is 6.20 Å². The summed E-state index contributed by atoms with van der Waals surface area (Å²) >= 11 is 0. The molecular weight excluding hydrogens is 334 g/mol. The van der Waals surface area contributed by atoms with Gasteiger partial charge < -0.3 is 9.47 Å². The van der Waals surface area contributed by atoms with Crippen molar-refractivity contribution in [3.63, 3.8) is 0 Å². The lowest BCUT2D eigenvalue weighted by molar-refractivity contribution is -0.143. The SMILES string of the molecule is CCOC(=O)CCCC(C(=O)COCC1CC1)C(=O)c1cncc(C)c1. The third kappa shape index (κ3) is 6.67. The molecular formula is C20H27NO5. The number of pyridine rings is 1. The molecule has 0 aliphatic heterocycles. The zero-order valence-electron chi connectivity index (χ0n) is 15.5. The maximum Gasteiger partial charge on any atom is 0.305 e. The van der Waals surface area contributed by atoms with E-state index in [1.807, 2.05) is 6.92 Å². The average Bonchev–Trinajstić information content (AvgIpc) is 3.42. The van der Waals surface area contributed by atoms with E-state index in [0.717, 1.165) is 18.4 Å². The molecule has 1 heterocycles. The minimum atomic E-state index is -0.813. The van der Waals surface area contributed by atoms with Gasteiger partial charge in [-0.3, -0.25) is 19.4 Å². The monoisotopic (exact) mass is 361 g/mol. The fourth-order valence-corrected chi connectivity index (χ4v) is 2.72. The molecule has 1 unspecified atom stereocenters. The number of rotatable bonds is 12. The summed E-state index contributed by atoms with van der Waals surface area (Å²) in [7, 11) is 0. The molecule has 0 N–H and O–H groups in total. The fraction of sp³-hybridized carbons (Fsp3) is 0.600. The van der Waals surface area contributed by atoms with Gasteiger partial charge in [0.25, 0.3) is 0 Å². The lowest BCUT2D eigenvalue weighted by Crippen LogP contribution is -2.28. The predicted molar refractivity (Wildman–Crippen MR) is 95.8 cm³/mol. The Kier molecular flexibility index (Phi) is 7.91. The summed E-state index contributed by atoms with van der Waals surface area (Å²) < 4.78 is 10.4. The van der Waals surface area contributed by atoms with Gasteiger partial charge in [-0.2, -0.15) is 0 Å². The van der Waals surface area contributed by atoms with Gasteiger partial charge >= 0.3 is 5.97 Å². The lowest BCUT2D eigenvalue weighted by Gasteiger charge is -2.15. The van der Waals surface area contributed by atoms with Gasteiger partial charge in [0.05, 0.1) is 12.5 Å². The number of esters is 1. The van der Waals surface area contributed by atoms with E-state index in [9.17, 15) is 14.4 Å². The minimum Gasteiger partial charge on any atom is -0.466 e. The van der Waals surface area contributed by atoms with E-state index in [2.05, 4.69) is 4.98 Å². The van der Waals surface area contributed by atoms with Crippen LogP contribution in [0.25, 0.3) is 0 Å². The Hall–Kier alpha value is -2.08. The zero-order chi connectivity index (χ0) is 18.9. The average molecular weight is 361 g/mol. The maximum absolute atomic E-state index is 12.8. The highest BCUT2D eigenvalue weighted by Crippen LogP contribution is 2.29. The van der Waals surface area contributed by atoms with Crippen LogP contribution in [-0.2, 0) is 19.1 Å². The summed E-state index contributed by atoms with van der Waals surface area (Å²) in [5.41, 5.74) is 1.28. The first-order chi connectivity index (χ1) is 12.5. The van der Waals surface area contributed by atoms with Crippen LogP contribution in [0.3, 0.4) is 0 Å². The Morgan fingerprint density at radius 2 is 2.04 bits per heavy atom. The number of carbonyl (C=O) groups excluding carboxylic acids is 3. The first kappa shape index (κ1) is 20.2. The second kappa shape index (κ2) is 10.2. The molecule has 1 aromatic heterocycles. The highest BCUT2D eigenvalue weighted by atomic mass is 16.5. The van der Waals surface area contributed by atoms with Gasteiger partial charge in [0, 0.05) is 31.0 Å². The van der Waals surface area contributed by atoms with E-state index >= 15 is 0 Å². The van der Waals surface area contributed by atoms with Gasteiger partial charge in [-0.05, 0) is 57.1 Å². The zero-order valence-corrected chi connectivity index (χ0v) is 15.5. The standard InChI is InChI=1S/C20H27NO5/c1-3-26-19(23)6-4-5-17(18(22)13-25-12-15-7-8-15)20(24)16-9-14(2)10-21-11-16/h9-11,15,17H,3-8,12-13H2,1-2H3. The van der Waals surface area contributed by atoms with Gasteiger partial charge in [0.2, 0.25) is 0 Å². The van der Waals surface area contributed by atoms with Crippen molar-refractivity contribution in [3.05, 3.63) is 29.6 Å². The number of hydrogen-bond acceptors (Lipinski definition) is 6. The molecule has 1 fully saturated rings. The molecule has 1 saturated carbocycles. The molecule has 1 aromatic rings. The topological polar surface area (TPSA) is 82.6 Å². The quantitative estimate of drug-likeness (QED) is 0.323. The van der Waals surface area contributed by atoms with Gasteiger partial charge in [-0.25, -0.2) is 0 Å². The molecule has 0 bridgehead atoms. The smallest absolute Gasteiger partial charge is 0.305 e. The molecule has 0 amide bonds. The molecule has 1 atom stereocenters. The summed E-state index contributed by atoms with van der Waals surface area (Å²) in [6.07, 6.45) is 6.34. The minimum absolute atomic E-state index is 0.0639. The van der Waals surface area contributed by atoms with E-state index in [0.29, 0.717) is 37.5 Å². The van der Waals surface area contributed by atoms with Crippen molar-refractivity contribution >= 4 is 17.5 Å². The van der Waals surface area contributed by atoms with Crippen molar-refractivity contribution < 1.29 is 23.9 Å². The summed E-state index contributed by atoms with van der Waals surface area (Å²) in [6, 6.07) is 1.73. The molecule has 2 rings (SSSR count). The fourth-order valence-electron chi connectivity index (χ4n) is 2.72. The molecule has 0 saturated heterocycles. The number of nitrogens with zero attached hydrogens (tertiary/aromatic N) is 1. The largest absolute Gasteiger partial charge is 0.466 e. The van der Waals surface area contributed by atoms with Crippen LogP contribution < -0.4 is 0 Å². The van der Waals surface area contributed by atoms with Crippen molar-refractivity contribution in [2.45, 2.75) is 46.0 Å². The predicted octanol–water partition coefficient (Wildman–Crippen LogP) is 2.92. The van der Waals surface area contributed by atoms with Crippen molar-refractivity contribution in [1.29, 1.82) is 0 Å². The van der Waals surface area contributed by atoms with Crippen molar-refractivity contribution in [2.75, 3.05) is 19.8 Å². The number of ketones is 2. The summed E-state index contributed by atoms with van der Waals surface area (Å²) in [5, 5.41) is 0. The molecule has 6 nitrogen and oxygen atoms in total. The molecule has 6 heteroatoms. The molecule has 1 aliphatic carbocycles. The summed E-state index contributed by atoms with van der Waals surface area (Å²) in [6.45, 7) is 4.42. The van der Waals surface area contributed by atoms with E-state index < -0.39 is 5.92 Å². The third-order valence-corrected chi connectivity index (χ3v) is 4.34. The van der Waals surface area contributed by atoms with E-state index in [-0.39, 0.29) is 30.6 Å². The Labute approximate surface area is 154 Å². The number of aromatic nitrogens is 1. The van der Waals surface area contributed by atoms with Crippen LogP contribution in [0.5, 0.6) is 0 Å². The van der Waals surface area contributed by atoms with Gasteiger partial charge in [0.1, 0.15) is 6.61 Å². The Bertz CT molecular complexity index is 639. The Morgan fingerprint density at radius 3 is 2.69 bits per heavy atom. The van der Waals surface area contributed by atoms with Gasteiger partial charge in [-0.1, -0.05) is 0 Å². The van der Waals surface area contributed by atoms with E-state index in [4.69, 9.17) is 9.47 Å². The molecule has 0 radical (unpaired) electrons. The Balaban J connectivity index is 1.97. The lowest BCUT2D eigenvalue weighted by atomic mass is 9.89. The number of ether oxygens (including phenoxy) is 2. The van der Waals surface area contributed by atoms with Crippen molar-refractivity contribution in [1.82, 2.24) is 4.98 Å². The van der Waals surface area contributed by atoms with Crippen LogP contribution in [0.4, 0.5) is 0 Å². The first-order valence-electron chi connectivity index (χ1n) is 9.23. The summed E-state index contributed by atoms with van der Waals surface area (Å²) in [5.74, 6) is -1.06. The highest BCUT2D eigenvalue weighted by Gasteiger charge is 2.29. The maximum atomic E-state index is 12.8. The molecule has 1 aliphatic rings. The van der Waals surface area contributed by atoms with Crippen LogP contribution in [-0.4, -0.2) is 42.3 Å². The first-order valence-corrected chi connectivity index (χ1v) is 9.23. The number of aryl methyl sites for hydroxylation is 1. The number of Topliss-reactive ketones (excluding diaryl/α,β-unsaturated/α-hetero) is 2. The second-order valence-electron chi connectivity index (χ2n) is 6.79. The number of carbonyl (C=O) groups is 3. The van der Waals surface area contributed by atoms with Crippen molar-refractivity contribution in [2.24, 2.45) is 11.8 Å². The van der Waals surface area contributed by atoms with Crippen LogP contribution in [0.15, 0.2) is 18.5 Å². The van der Waals surface area contributed by atoms with Crippen LogP contribution in [0.1, 0.15) is 54.9 Å². The van der Waals surface area contributed by atoms with E-state index in [1.54, 1.807) is 19.2 Å². The second-order valence-corrected chi connectivity index (χ2v) is 6.79. The number of hydrogen-bond donors (Lipinski definition) is 0. The van der Waals surface area contributed by atoms with Gasteiger partial charge in [-0.15, -0.1) is 0 Å². The third-order valence-electron chi connectivity index (χ3n) is 4.34. The molecule has 0 spiro atoms. The van der Waals surface area contributed by atoms with Crippen molar-refractivity contribution in [3.8, 4) is 0 Å². The highest BCUT2D eigenvalue weighted by molar-refractivity contribution is 6.11.